The largest absolute Gasteiger partial charge is 0.322 e. The zero-order valence-corrected chi connectivity index (χ0v) is 15.3. The number of amides is 1. The molecule has 3 aromatic rings. The molecule has 0 spiro atoms. The molecule has 0 atom stereocenters. The number of anilines is 1. The maximum atomic E-state index is 11.6. The minimum absolute atomic E-state index is 0.550. The summed E-state index contributed by atoms with van der Waals surface area (Å²) in [5, 5.41) is 5.49. The predicted octanol–water partition coefficient (Wildman–Crippen LogP) is 5.79. The molecule has 1 amide bonds. The van der Waals surface area contributed by atoms with Crippen LogP contribution in [0.1, 0.15) is 0 Å². The Hall–Kier alpha value is -1.59. The third kappa shape index (κ3) is 4.08. The molecule has 2 aromatic carbocycles. The predicted molar refractivity (Wildman–Crippen MR) is 102 cm³/mol. The quantitative estimate of drug-likeness (QED) is 0.569. The van der Waals surface area contributed by atoms with E-state index in [1.165, 1.54) is 0 Å². The molecule has 24 heavy (non-hydrogen) atoms. The van der Waals surface area contributed by atoms with Gasteiger partial charge in [0.05, 0.1) is 5.69 Å². The fraction of sp³-hybridized carbons (Fsp3) is 0.0588. The first kappa shape index (κ1) is 17.2. The van der Waals surface area contributed by atoms with Crippen molar-refractivity contribution < 1.29 is 4.79 Å². The van der Waals surface area contributed by atoms with Crippen LogP contribution in [0.15, 0.2) is 60.0 Å². The van der Waals surface area contributed by atoms with Crippen LogP contribution >= 0.6 is 46.1 Å². The molecule has 0 unspecified atom stereocenters. The van der Waals surface area contributed by atoms with Gasteiger partial charge < -0.3 is 5.32 Å². The minimum atomic E-state index is -1.99. The van der Waals surface area contributed by atoms with Crippen molar-refractivity contribution in [3.05, 3.63) is 60.0 Å². The highest BCUT2D eigenvalue weighted by atomic mass is 35.6. The number of nitrogens with zero attached hydrogens (tertiary/aromatic N) is 1. The van der Waals surface area contributed by atoms with E-state index in [1.807, 2.05) is 47.8 Å². The summed E-state index contributed by atoms with van der Waals surface area (Å²) in [5.74, 6) is -0.694. The number of aromatic nitrogens is 1. The number of carbonyl (C=O) groups excluding carboxylic acids is 1. The first-order valence-corrected chi connectivity index (χ1v) is 8.94. The molecule has 0 saturated carbocycles. The van der Waals surface area contributed by atoms with E-state index in [9.17, 15) is 4.79 Å². The van der Waals surface area contributed by atoms with Crippen LogP contribution < -0.4 is 5.32 Å². The highest BCUT2D eigenvalue weighted by molar-refractivity contribution is 7.13. The summed E-state index contributed by atoms with van der Waals surface area (Å²) in [6.45, 7) is 0. The lowest BCUT2D eigenvalue weighted by Gasteiger charge is -2.11. The maximum Gasteiger partial charge on any atom is 0.276 e. The minimum Gasteiger partial charge on any atom is -0.322 e. The number of nitrogens with one attached hydrogen (secondary N) is 1. The average Bonchev–Trinajstić information content (AvgIpc) is 3.05. The number of thiazole rings is 1. The van der Waals surface area contributed by atoms with Gasteiger partial charge in [-0.25, -0.2) is 4.98 Å². The fourth-order valence-electron chi connectivity index (χ4n) is 2.05. The fourth-order valence-corrected chi connectivity index (χ4v) is 3.02. The lowest BCUT2D eigenvalue weighted by atomic mass is 10.1. The Morgan fingerprint density at radius 3 is 2.25 bits per heavy atom. The molecule has 3 nitrogen and oxygen atoms in total. The number of halogens is 3. The molecule has 0 bridgehead atoms. The molecule has 0 saturated heterocycles. The summed E-state index contributed by atoms with van der Waals surface area (Å²) in [4.78, 5) is 16.3. The highest BCUT2D eigenvalue weighted by Crippen LogP contribution is 2.30. The smallest absolute Gasteiger partial charge is 0.276 e. The van der Waals surface area contributed by atoms with Gasteiger partial charge >= 0.3 is 0 Å². The lowest BCUT2D eigenvalue weighted by Crippen LogP contribution is -2.26. The lowest BCUT2D eigenvalue weighted by molar-refractivity contribution is -0.115. The van der Waals surface area contributed by atoms with E-state index in [0.717, 1.165) is 21.8 Å². The van der Waals surface area contributed by atoms with E-state index < -0.39 is 9.70 Å². The molecule has 0 aliphatic heterocycles. The van der Waals surface area contributed by atoms with E-state index in [0.29, 0.717) is 5.69 Å². The molecule has 1 heterocycles. The zero-order chi connectivity index (χ0) is 17.2. The van der Waals surface area contributed by atoms with E-state index >= 15 is 0 Å². The van der Waals surface area contributed by atoms with E-state index in [2.05, 4.69) is 10.3 Å². The van der Waals surface area contributed by atoms with Crippen molar-refractivity contribution in [1.82, 2.24) is 4.98 Å². The van der Waals surface area contributed by atoms with Gasteiger partial charge in [0.1, 0.15) is 5.01 Å². The normalized spacial score (nSPS) is 11.3. The Bertz CT molecular complexity index is 842. The maximum absolute atomic E-state index is 11.6. The van der Waals surface area contributed by atoms with Gasteiger partial charge in [-0.15, -0.1) is 11.3 Å². The van der Waals surface area contributed by atoms with Gasteiger partial charge in [-0.1, -0.05) is 77.3 Å². The topological polar surface area (TPSA) is 42.0 Å². The third-order valence-electron chi connectivity index (χ3n) is 3.22. The Kier molecular flexibility index (Phi) is 5.11. The Morgan fingerprint density at radius 2 is 1.62 bits per heavy atom. The van der Waals surface area contributed by atoms with Crippen molar-refractivity contribution in [2.24, 2.45) is 0 Å². The SMILES string of the molecule is O=C(Nc1ccc(-c2csc(-c3ccccc3)n2)cc1)C(Cl)(Cl)Cl. The molecular weight excluding hydrogens is 387 g/mol. The number of alkyl halides is 3. The summed E-state index contributed by atoms with van der Waals surface area (Å²) < 4.78 is -1.99. The van der Waals surface area contributed by atoms with Crippen LogP contribution in [0, 0.1) is 0 Å². The van der Waals surface area contributed by atoms with E-state index in [1.54, 1.807) is 23.5 Å². The van der Waals surface area contributed by atoms with Crippen molar-refractivity contribution in [2.75, 3.05) is 5.32 Å². The molecule has 0 fully saturated rings. The number of hydrogen-bond donors (Lipinski definition) is 1. The number of hydrogen-bond acceptors (Lipinski definition) is 3. The summed E-state index contributed by atoms with van der Waals surface area (Å²) in [6.07, 6.45) is 0. The van der Waals surface area contributed by atoms with Crippen LogP contribution in [0.25, 0.3) is 21.8 Å². The van der Waals surface area contributed by atoms with Gasteiger partial charge in [0.25, 0.3) is 9.70 Å². The number of carbonyl (C=O) groups is 1. The summed E-state index contributed by atoms with van der Waals surface area (Å²) in [6, 6.07) is 17.2. The van der Waals surface area contributed by atoms with Crippen LogP contribution in [0.5, 0.6) is 0 Å². The van der Waals surface area contributed by atoms with Gasteiger partial charge in [0, 0.05) is 22.2 Å². The molecular formula is C17H11Cl3N2OS. The molecule has 0 aliphatic rings. The Labute approximate surface area is 158 Å². The molecule has 1 aromatic heterocycles. The number of rotatable bonds is 3. The summed E-state index contributed by atoms with van der Waals surface area (Å²) >= 11 is 18.2. The molecule has 0 aliphatic carbocycles. The van der Waals surface area contributed by atoms with Gasteiger partial charge in [0.2, 0.25) is 0 Å². The van der Waals surface area contributed by atoms with Crippen LogP contribution in [-0.4, -0.2) is 14.7 Å². The van der Waals surface area contributed by atoms with Crippen LogP contribution in [0.2, 0.25) is 0 Å². The standard InChI is InChI=1S/C17H11Cl3N2OS/c18-17(19,20)16(23)21-13-8-6-11(7-9-13)14-10-24-15(22-14)12-4-2-1-3-5-12/h1-10H,(H,21,23). The first-order valence-electron chi connectivity index (χ1n) is 6.93. The van der Waals surface area contributed by atoms with Crippen molar-refractivity contribution in [1.29, 1.82) is 0 Å². The van der Waals surface area contributed by atoms with Crippen molar-refractivity contribution in [3.63, 3.8) is 0 Å². The molecule has 122 valence electrons. The first-order chi connectivity index (χ1) is 11.4. The third-order valence-corrected chi connectivity index (χ3v) is 4.63. The van der Waals surface area contributed by atoms with Crippen LogP contribution in [0.3, 0.4) is 0 Å². The van der Waals surface area contributed by atoms with E-state index in [4.69, 9.17) is 34.8 Å². The Balaban J connectivity index is 1.77. The second kappa shape index (κ2) is 7.11. The van der Waals surface area contributed by atoms with Crippen LogP contribution in [0.4, 0.5) is 5.69 Å². The van der Waals surface area contributed by atoms with Crippen molar-refractivity contribution in [3.8, 4) is 21.8 Å². The van der Waals surface area contributed by atoms with Gasteiger partial charge in [0.15, 0.2) is 0 Å². The van der Waals surface area contributed by atoms with Gasteiger partial charge in [-0.05, 0) is 12.1 Å². The second-order valence-electron chi connectivity index (χ2n) is 4.93. The summed E-state index contributed by atoms with van der Waals surface area (Å²) in [5.41, 5.74) is 3.45. The van der Waals surface area contributed by atoms with E-state index in [-0.39, 0.29) is 0 Å². The van der Waals surface area contributed by atoms with Crippen molar-refractivity contribution in [2.45, 2.75) is 3.79 Å². The van der Waals surface area contributed by atoms with Gasteiger partial charge in [-0.2, -0.15) is 0 Å². The monoisotopic (exact) mass is 396 g/mol. The highest BCUT2D eigenvalue weighted by Gasteiger charge is 2.30. The molecule has 1 N–H and O–H groups in total. The zero-order valence-electron chi connectivity index (χ0n) is 12.2. The molecule has 3 rings (SSSR count). The number of benzene rings is 2. The second-order valence-corrected chi connectivity index (χ2v) is 8.07. The van der Waals surface area contributed by atoms with Crippen LogP contribution in [-0.2, 0) is 4.79 Å². The van der Waals surface area contributed by atoms with Gasteiger partial charge in [-0.3, -0.25) is 4.79 Å². The molecule has 0 radical (unpaired) electrons. The Morgan fingerprint density at radius 1 is 0.958 bits per heavy atom. The van der Waals surface area contributed by atoms with Crippen molar-refractivity contribution >= 4 is 57.7 Å². The average molecular weight is 398 g/mol. The molecule has 7 heteroatoms. The summed E-state index contributed by atoms with van der Waals surface area (Å²) in [7, 11) is 0.